The van der Waals surface area contributed by atoms with Crippen molar-refractivity contribution in [2.75, 3.05) is 32.2 Å². The number of methoxy groups -OCH3 is 2. The molecule has 1 amide bonds. The Labute approximate surface area is 187 Å². The lowest BCUT2D eigenvalue weighted by atomic mass is 10.0. The van der Waals surface area contributed by atoms with E-state index < -0.39 is 0 Å². The largest absolute Gasteiger partial charge is 0.504 e. The number of nitrogens with zero attached hydrogens (tertiary/aromatic N) is 2. The van der Waals surface area contributed by atoms with Gasteiger partial charge in [0.25, 0.3) is 5.91 Å². The van der Waals surface area contributed by atoms with Crippen LogP contribution in [0.2, 0.25) is 0 Å². The summed E-state index contributed by atoms with van der Waals surface area (Å²) in [6, 6.07) is 16.5. The van der Waals surface area contributed by atoms with Crippen molar-refractivity contribution < 1.29 is 23.8 Å². The first-order valence-electron chi connectivity index (χ1n) is 10.7. The third-order valence-corrected chi connectivity index (χ3v) is 5.85. The number of likely N-dealkylation sites (tertiary alicyclic amines) is 1. The number of amides is 1. The first kappa shape index (κ1) is 21.8. The molecule has 0 saturated carbocycles. The Hall–Kier alpha value is -3.45. The van der Waals surface area contributed by atoms with E-state index in [9.17, 15) is 9.90 Å². The van der Waals surface area contributed by atoms with Gasteiger partial charge in [0.2, 0.25) is 0 Å². The van der Waals surface area contributed by atoms with Crippen LogP contribution in [0.25, 0.3) is 0 Å². The molecule has 1 saturated heterocycles. The van der Waals surface area contributed by atoms with Crippen LogP contribution < -0.4 is 14.4 Å². The topological polar surface area (TPSA) is 75.4 Å². The molecule has 7 nitrogen and oxygen atoms in total. The summed E-state index contributed by atoms with van der Waals surface area (Å²) in [6.45, 7) is 2.45. The molecular weight excluding hydrogens is 408 g/mol. The predicted molar refractivity (Wildman–Crippen MR) is 121 cm³/mol. The molecule has 32 heavy (non-hydrogen) atoms. The van der Waals surface area contributed by atoms with Crippen molar-refractivity contribution in [2.45, 2.75) is 25.4 Å². The van der Waals surface area contributed by atoms with E-state index in [1.165, 1.54) is 6.26 Å². The van der Waals surface area contributed by atoms with Gasteiger partial charge in [-0.15, -0.1) is 0 Å². The van der Waals surface area contributed by atoms with Gasteiger partial charge in [-0.1, -0.05) is 12.1 Å². The molecule has 3 aromatic rings. The first-order valence-corrected chi connectivity index (χ1v) is 10.7. The average Bonchev–Trinajstić information content (AvgIpc) is 3.37. The molecule has 2 heterocycles. The number of anilines is 1. The van der Waals surface area contributed by atoms with Gasteiger partial charge in [-0.3, -0.25) is 9.69 Å². The molecule has 1 N–H and O–H groups in total. The van der Waals surface area contributed by atoms with E-state index in [1.807, 2.05) is 41.3 Å². The second-order valence-corrected chi connectivity index (χ2v) is 7.87. The van der Waals surface area contributed by atoms with Crippen LogP contribution in [0.1, 0.15) is 29.0 Å². The lowest BCUT2D eigenvalue weighted by molar-refractivity contribution is 0.0931. The molecule has 4 rings (SSSR count). The van der Waals surface area contributed by atoms with Gasteiger partial charge in [0.15, 0.2) is 17.3 Å². The minimum Gasteiger partial charge on any atom is -0.504 e. The summed E-state index contributed by atoms with van der Waals surface area (Å²) in [6.07, 6.45) is 3.18. The van der Waals surface area contributed by atoms with E-state index >= 15 is 0 Å². The SMILES string of the molecule is COc1cccc(N(C(=O)c2ccco2)C2CCN(Cc3ccc(O)c(OC)c3)CC2)c1. The lowest BCUT2D eigenvalue weighted by Gasteiger charge is -2.38. The monoisotopic (exact) mass is 436 g/mol. The maximum absolute atomic E-state index is 13.3. The van der Waals surface area contributed by atoms with Gasteiger partial charge in [-0.2, -0.15) is 0 Å². The molecule has 0 radical (unpaired) electrons. The minimum atomic E-state index is -0.148. The number of carbonyl (C=O) groups is 1. The number of piperidine rings is 1. The average molecular weight is 437 g/mol. The molecule has 0 unspecified atom stereocenters. The highest BCUT2D eigenvalue weighted by molar-refractivity contribution is 6.04. The van der Waals surface area contributed by atoms with Gasteiger partial charge < -0.3 is 23.9 Å². The van der Waals surface area contributed by atoms with E-state index in [1.54, 1.807) is 32.4 Å². The van der Waals surface area contributed by atoms with Gasteiger partial charge in [-0.05, 0) is 54.8 Å². The third kappa shape index (κ3) is 4.73. The Balaban J connectivity index is 1.49. The zero-order chi connectivity index (χ0) is 22.5. The van der Waals surface area contributed by atoms with Crippen molar-refractivity contribution in [2.24, 2.45) is 0 Å². The summed E-state index contributed by atoms with van der Waals surface area (Å²) in [5, 5.41) is 9.82. The van der Waals surface area contributed by atoms with Crippen LogP contribution in [0, 0.1) is 0 Å². The van der Waals surface area contributed by atoms with Gasteiger partial charge in [0, 0.05) is 37.4 Å². The number of hydrogen-bond donors (Lipinski definition) is 1. The standard InChI is InChI=1S/C25H28N2O5/c1-30-21-6-3-5-20(16-21)27(25(29)23-7-4-14-32-23)19-10-12-26(13-11-19)17-18-8-9-22(28)24(15-18)31-2/h3-9,14-16,19,28H,10-13,17H2,1-2H3. The van der Waals surface area contributed by atoms with Crippen LogP contribution in [0.4, 0.5) is 5.69 Å². The fourth-order valence-corrected chi connectivity index (χ4v) is 4.19. The number of carbonyl (C=O) groups excluding carboxylic acids is 1. The van der Waals surface area contributed by atoms with Crippen LogP contribution in [0.5, 0.6) is 17.2 Å². The van der Waals surface area contributed by atoms with E-state index in [0.29, 0.717) is 17.3 Å². The Morgan fingerprint density at radius 1 is 1.09 bits per heavy atom. The first-order chi connectivity index (χ1) is 15.6. The van der Waals surface area contributed by atoms with E-state index in [0.717, 1.165) is 43.7 Å². The highest BCUT2D eigenvalue weighted by Crippen LogP contribution is 2.30. The van der Waals surface area contributed by atoms with Crippen molar-refractivity contribution in [3.63, 3.8) is 0 Å². The minimum absolute atomic E-state index is 0.0466. The van der Waals surface area contributed by atoms with Gasteiger partial charge >= 0.3 is 0 Å². The van der Waals surface area contributed by atoms with Crippen LogP contribution in [-0.2, 0) is 6.54 Å². The smallest absolute Gasteiger partial charge is 0.294 e. The zero-order valence-electron chi connectivity index (χ0n) is 18.4. The molecule has 1 aliphatic heterocycles. The molecule has 2 aromatic carbocycles. The highest BCUT2D eigenvalue weighted by Gasteiger charge is 2.31. The Morgan fingerprint density at radius 2 is 1.91 bits per heavy atom. The van der Waals surface area contributed by atoms with Crippen LogP contribution in [0.3, 0.4) is 0 Å². The Kier molecular flexibility index (Phi) is 6.66. The fourth-order valence-electron chi connectivity index (χ4n) is 4.19. The summed E-state index contributed by atoms with van der Waals surface area (Å²) in [5.41, 5.74) is 1.88. The van der Waals surface area contributed by atoms with Crippen molar-refractivity contribution in [1.82, 2.24) is 4.90 Å². The van der Waals surface area contributed by atoms with E-state index in [-0.39, 0.29) is 17.7 Å². The third-order valence-electron chi connectivity index (χ3n) is 5.85. The van der Waals surface area contributed by atoms with E-state index in [4.69, 9.17) is 13.9 Å². The predicted octanol–water partition coefficient (Wildman–Crippen LogP) is 4.31. The summed E-state index contributed by atoms with van der Waals surface area (Å²) >= 11 is 0. The molecule has 0 aliphatic carbocycles. The summed E-state index contributed by atoms with van der Waals surface area (Å²) < 4.78 is 16.0. The molecule has 168 valence electrons. The number of rotatable bonds is 7. The second-order valence-electron chi connectivity index (χ2n) is 7.87. The highest BCUT2D eigenvalue weighted by atomic mass is 16.5. The number of benzene rings is 2. The van der Waals surface area contributed by atoms with Gasteiger partial charge in [0.05, 0.1) is 20.5 Å². The number of hydrogen-bond acceptors (Lipinski definition) is 6. The quantitative estimate of drug-likeness (QED) is 0.595. The molecule has 1 fully saturated rings. The molecule has 7 heteroatoms. The van der Waals surface area contributed by atoms with E-state index in [2.05, 4.69) is 4.90 Å². The second kappa shape index (κ2) is 9.78. The van der Waals surface area contributed by atoms with Gasteiger partial charge in [-0.25, -0.2) is 0 Å². The van der Waals surface area contributed by atoms with Gasteiger partial charge in [0.1, 0.15) is 5.75 Å². The Morgan fingerprint density at radius 3 is 2.59 bits per heavy atom. The fraction of sp³-hybridized carbons (Fsp3) is 0.320. The number of phenols is 1. The maximum Gasteiger partial charge on any atom is 0.294 e. The van der Waals surface area contributed by atoms with Crippen molar-refractivity contribution in [3.8, 4) is 17.2 Å². The molecular formula is C25H28N2O5. The summed E-state index contributed by atoms with van der Waals surface area (Å²) in [7, 11) is 3.17. The molecule has 0 spiro atoms. The van der Waals surface area contributed by atoms with Crippen LogP contribution in [-0.4, -0.2) is 49.3 Å². The normalized spacial score (nSPS) is 14.8. The molecule has 1 aliphatic rings. The van der Waals surface area contributed by atoms with Crippen molar-refractivity contribution in [1.29, 1.82) is 0 Å². The number of furan rings is 1. The van der Waals surface area contributed by atoms with Crippen molar-refractivity contribution >= 4 is 11.6 Å². The number of ether oxygens (including phenoxy) is 2. The summed E-state index contributed by atoms with van der Waals surface area (Å²) in [4.78, 5) is 17.5. The summed E-state index contributed by atoms with van der Waals surface area (Å²) in [5.74, 6) is 1.50. The van der Waals surface area contributed by atoms with Crippen LogP contribution in [0.15, 0.2) is 65.3 Å². The molecule has 0 bridgehead atoms. The van der Waals surface area contributed by atoms with Crippen LogP contribution >= 0.6 is 0 Å². The van der Waals surface area contributed by atoms with Crippen molar-refractivity contribution in [3.05, 3.63) is 72.2 Å². The number of aromatic hydroxyl groups is 1. The molecule has 0 atom stereocenters. The Bertz CT molecular complexity index is 1040. The maximum atomic E-state index is 13.3. The molecule has 1 aromatic heterocycles. The zero-order valence-corrected chi connectivity index (χ0v) is 18.4. The number of phenolic OH excluding ortho intramolecular Hbond substituents is 1. The lowest BCUT2D eigenvalue weighted by Crippen LogP contribution is -2.47.